The van der Waals surface area contributed by atoms with Crippen LogP contribution in [0.3, 0.4) is 0 Å². The minimum atomic E-state index is -0.858. The van der Waals surface area contributed by atoms with Crippen LogP contribution in [0.15, 0.2) is 38.8 Å². The number of nitrogens with one attached hydrogen (secondary N) is 1. The molecule has 1 aromatic carbocycles. The lowest BCUT2D eigenvalue weighted by Crippen LogP contribution is -2.41. The Bertz CT molecular complexity index is 1090. The Morgan fingerprint density at radius 2 is 1.75 bits per heavy atom. The van der Waals surface area contributed by atoms with Gasteiger partial charge in [0, 0.05) is 25.0 Å². The second-order valence-corrected chi connectivity index (χ2v) is 11.5. The topological polar surface area (TPSA) is 106 Å². The van der Waals surface area contributed by atoms with Gasteiger partial charge >= 0.3 is 11.7 Å². The van der Waals surface area contributed by atoms with E-state index in [1.54, 1.807) is 13.8 Å². The van der Waals surface area contributed by atoms with Crippen LogP contribution in [-0.4, -0.2) is 36.7 Å². The Balaban J connectivity index is 1.75. The van der Waals surface area contributed by atoms with E-state index < -0.39 is 10.7 Å². The van der Waals surface area contributed by atoms with Crippen molar-refractivity contribution >= 4 is 23.5 Å². The highest BCUT2D eigenvalue weighted by molar-refractivity contribution is 8.01. The molecule has 0 aliphatic carbocycles. The Labute approximate surface area is 218 Å². The van der Waals surface area contributed by atoms with Crippen molar-refractivity contribution in [1.82, 2.24) is 14.3 Å². The number of aliphatic carboxylic acids is 1. The molecular weight excluding hydrogens is 476 g/mol. The second kappa shape index (κ2) is 14.9. The van der Waals surface area contributed by atoms with E-state index in [0.29, 0.717) is 13.1 Å². The summed E-state index contributed by atoms with van der Waals surface area (Å²) < 4.78 is 1.68. The number of unbranched alkanes of at least 4 members (excludes halogenated alkanes) is 7. The molecule has 200 valence electrons. The predicted molar refractivity (Wildman–Crippen MR) is 147 cm³/mol. The van der Waals surface area contributed by atoms with Crippen LogP contribution in [0.1, 0.15) is 84.1 Å². The molecule has 2 rings (SSSR count). The highest BCUT2D eigenvalue weighted by Crippen LogP contribution is 2.33. The van der Waals surface area contributed by atoms with Gasteiger partial charge in [-0.25, -0.2) is 9.48 Å². The Hall–Kier alpha value is -2.55. The molecule has 0 spiro atoms. The molecule has 0 unspecified atom stereocenters. The molecule has 9 heteroatoms. The standard InChI is InChI=1S/C27H42N4O4S/c1-5-6-7-10-13-19-31-26(35)30(4)24(32)23(29-31)28-18-12-9-8-11-15-21-16-14-17-22(20-21)36-27(2,3)25(33)34/h14,16-17,20H,5-13,15,18-19H2,1-4H3,(H,28,29)(H,33,34). The summed E-state index contributed by atoms with van der Waals surface area (Å²) in [5.74, 6) is -0.579. The van der Waals surface area contributed by atoms with Crippen LogP contribution in [0.25, 0.3) is 0 Å². The summed E-state index contributed by atoms with van der Waals surface area (Å²) in [7, 11) is 1.50. The summed E-state index contributed by atoms with van der Waals surface area (Å²) >= 11 is 1.37. The van der Waals surface area contributed by atoms with Gasteiger partial charge in [0.2, 0.25) is 5.82 Å². The van der Waals surface area contributed by atoms with Gasteiger partial charge in [0.25, 0.3) is 5.56 Å². The summed E-state index contributed by atoms with van der Waals surface area (Å²) in [5.41, 5.74) is 0.463. The number of benzene rings is 1. The number of carbonyl (C=O) groups is 1. The summed E-state index contributed by atoms with van der Waals surface area (Å²) in [6.45, 7) is 6.76. The van der Waals surface area contributed by atoms with Crippen molar-refractivity contribution in [2.75, 3.05) is 11.9 Å². The predicted octanol–water partition coefficient (Wildman–Crippen LogP) is 5.08. The third-order valence-electron chi connectivity index (χ3n) is 6.18. The third kappa shape index (κ3) is 9.48. The van der Waals surface area contributed by atoms with Gasteiger partial charge in [-0.2, -0.15) is 0 Å². The highest BCUT2D eigenvalue weighted by Gasteiger charge is 2.28. The van der Waals surface area contributed by atoms with Gasteiger partial charge in [0.05, 0.1) is 0 Å². The number of rotatable bonds is 17. The minimum Gasteiger partial charge on any atom is -0.480 e. The average molecular weight is 519 g/mol. The van der Waals surface area contributed by atoms with E-state index >= 15 is 0 Å². The van der Waals surface area contributed by atoms with E-state index in [4.69, 9.17) is 0 Å². The first-order valence-corrected chi connectivity index (χ1v) is 13.9. The lowest BCUT2D eigenvalue weighted by Gasteiger charge is -2.18. The number of carboxylic acids is 1. The number of thioether (sulfide) groups is 1. The van der Waals surface area contributed by atoms with Gasteiger partial charge in [0.1, 0.15) is 4.75 Å². The molecule has 8 nitrogen and oxygen atoms in total. The minimum absolute atomic E-state index is 0.240. The molecule has 0 aliphatic heterocycles. The van der Waals surface area contributed by atoms with E-state index in [1.807, 2.05) is 12.1 Å². The van der Waals surface area contributed by atoms with E-state index in [-0.39, 0.29) is 17.1 Å². The molecule has 2 N–H and O–H groups in total. The first kappa shape index (κ1) is 29.7. The van der Waals surface area contributed by atoms with Crippen molar-refractivity contribution in [3.05, 3.63) is 50.7 Å². The molecule has 1 heterocycles. The van der Waals surface area contributed by atoms with Gasteiger partial charge in [-0.05, 0) is 57.2 Å². The molecule has 0 radical (unpaired) electrons. The molecule has 36 heavy (non-hydrogen) atoms. The van der Waals surface area contributed by atoms with Gasteiger partial charge in [-0.15, -0.1) is 16.9 Å². The maximum absolute atomic E-state index is 12.4. The van der Waals surface area contributed by atoms with Crippen molar-refractivity contribution in [2.45, 2.75) is 101 Å². The SMILES string of the molecule is CCCCCCCn1nc(NCCCCCCc2cccc(SC(C)(C)C(=O)O)c2)c(=O)n(C)c1=O. The number of aromatic nitrogens is 3. The molecule has 0 bridgehead atoms. The van der Waals surface area contributed by atoms with Crippen molar-refractivity contribution < 1.29 is 9.90 Å². The summed E-state index contributed by atoms with van der Waals surface area (Å²) in [6.07, 6.45) is 10.4. The molecule has 0 atom stereocenters. The third-order valence-corrected chi connectivity index (χ3v) is 7.35. The van der Waals surface area contributed by atoms with Crippen LogP contribution >= 0.6 is 11.8 Å². The summed E-state index contributed by atoms with van der Waals surface area (Å²) in [5, 5.41) is 16.8. The first-order valence-electron chi connectivity index (χ1n) is 13.1. The van der Waals surface area contributed by atoms with Gasteiger partial charge in [-0.1, -0.05) is 57.6 Å². The van der Waals surface area contributed by atoms with Gasteiger partial charge in [0.15, 0.2) is 0 Å². The summed E-state index contributed by atoms with van der Waals surface area (Å²) in [6, 6.07) is 8.10. The molecule has 0 saturated heterocycles. The second-order valence-electron chi connectivity index (χ2n) is 9.79. The van der Waals surface area contributed by atoms with Crippen molar-refractivity contribution in [3.8, 4) is 0 Å². The number of hydrogen-bond acceptors (Lipinski definition) is 6. The normalized spacial score (nSPS) is 11.6. The zero-order valence-corrected chi connectivity index (χ0v) is 23.0. The molecule has 0 amide bonds. The zero-order valence-electron chi connectivity index (χ0n) is 22.2. The fourth-order valence-electron chi connectivity index (χ4n) is 3.86. The molecule has 0 aliphatic rings. The van der Waals surface area contributed by atoms with Crippen molar-refractivity contribution in [3.63, 3.8) is 0 Å². The van der Waals surface area contributed by atoms with Crippen LogP contribution in [0, 0.1) is 0 Å². The van der Waals surface area contributed by atoms with Crippen LogP contribution in [0.4, 0.5) is 5.82 Å². The van der Waals surface area contributed by atoms with E-state index in [9.17, 15) is 19.5 Å². The van der Waals surface area contributed by atoms with E-state index in [2.05, 4.69) is 29.5 Å². The molecule has 0 saturated carbocycles. The Morgan fingerprint density at radius 1 is 1.06 bits per heavy atom. The smallest absolute Gasteiger partial charge is 0.347 e. The van der Waals surface area contributed by atoms with Crippen molar-refractivity contribution in [2.24, 2.45) is 7.05 Å². The van der Waals surface area contributed by atoms with E-state index in [1.165, 1.54) is 41.9 Å². The Kier molecular flexibility index (Phi) is 12.3. The fourth-order valence-corrected chi connectivity index (χ4v) is 4.90. The molecule has 2 aromatic rings. The number of carboxylic acid groups (broad SMARTS) is 1. The molecular formula is C27H42N4O4S. The van der Waals surface area contributed by atoms with Gasteiger partial charge < -0.3 is 10.4 Å². The monoisotopic (exact) mass is 518 g/mol. The zero-order chi connectivity index (χ0) is 26.6. The average Bonchev–Trinajstić information content (AvgIpc) is 2.84. The Morgan fingerprint density at radius 3 is 2.47 bits per heavy atom. The molecule has 0 fully saturated rings. The van der Waals surface area contributed by atoms with Crippen LogP contribution in [0.5, 0.6) is 0 Å². The van der Waals surface area contributed by atoms with Crippen LogP contribution in [0.2, 0.25) is 0 Å². The van der Waals surface area contributed by atoms with Gasteiger partial charge in [-0.3, -0.25) is 14.2 Å². The maximum Gasteiger partial charge on any atom is 0.347 e. The lowest BCUT2D eigenvalue weighted by atomic mass is 10.1. The maximum atomic E-state index is 12.4. The summed E-state index contributed by atoms with van der Waals surface area (Å²) in [4.78, 5) is 37.1. The number of hydrogen-bond donors (Lipinski definition) is 2. The lowest BCUT2D eigenvalue weighted by molar-refractivity contribution is -0.138. The number of aryl methyl sites for hydroxylation is 2. The number of anilines is 1. The fraction of sp³-hybridized carbons (Fsp3) is 0.630. The van der Waals surface area contributed by atoms with Crippen molar-refractivity contribution in [1.29, 1.82) is 0 Å². The number of nitrogens with zero attached hydrogens (tertiary/aromatic N) is 3. The van der Waals surface area contributed by atoms with E-state index in [0.717, 1.165) is 60.8 Å². The van der Waals surface area contributed by atoms with Crippen LogP contribution in [-0.2, 0) is 24.8 Å². The largest absolute Gasteiger partial charge is 0.480 e. The highest BCUT2D eigenvalue weighted by atomic mass is 32.2. The molecule has 1 aromatic heterocycles. The quantitative estimate of drug-likeness (QED) is 0.222. The van der Waals surface area contributed by atoms with Crippen LogP contribution < -0.4 is 16.6 Å². The first-order chi connectivity index (χ1) is 17.2.